The summed E-state index contributed by atoms with van der Waals surface area (Å²) in [6, 6.07) is 0. The largest absolute Gasteiger partial charge is 0.466 e. The van der Waals surface area contributed by atoms with E-state index in [4.69, 9.17) is 9.47 Å². The molecule has 0 saturated carbocycles. The zero-order valence-electron chi connectivity index (χ0n) is 25.7. The normalized spacial score (nSPS) is 12.0. The first-order valence-corrected chi connectivity index (χ1v) is 16.1. The fourth-order valence-electron chi connectivity index (χ4n) is 4.93. The third kappa shape index (κ3) is 15.9. The topological polar surface area (TPSA) is 52.6 Å². The van der Waals surface area contributed by atoms with Crippen LogP contribution in [0.15, 0.2) is 0 Å². The zero-order valence-corrected chi connectivity index (χ0v) is 25.7. The first kappa shape index (κ1) is 37.8. The summed E-state index contributed by atoms with van der Waals surface area (Å²) in [5, 5.41) is 0. The molecule has 0 heterocycles. The Balaban J connectivity index is 1.97. The van der Waals surface area contributed by atoms with E-state index < -0.39 is 52.7 Å². The monoisotopic (exact) mass is 606 g/mol. The van der Waals surface area contributed by atoms with Crippen molar-refractivity contribution in [1.82, 2.24) is 0 Å². The van der Waals surface area contributed by atoms with E-state index in [9.17, 15) is 31.5 Å². The van der Waals surface area contributed by atoms with Crippen LogP contribution < -0.4 is 0 Å². The molecule has 0 fully saturated rings. The Kier molecular flexibility index (Phi) is 21.0. The minimum absolute atomic E-state index is 0.0505. The number of rotatable bonds is 25. The van der Waals surface area contributed by atoms with Gasteiger partial charge in [0.05, 0.1) is 12.2 Å². The molecule has 0 saturated heterocycles. The lowest BCUT2D eigenvalue weighted by Crippen LogP contribution is -2.15. The SMILES string of the molecule is CCCCCCCCCCCCCCCCCCCCOC(=O)CCCC(=O)OC(C)c1c(F)c(F)c(F)c(F)c1F. The van der Waals surface area contributed by atoms with E-state index in [2.05, 4.69) is 6.92 Å². The van der Waals surface area contributed by atoms with Crippen LogP contribution in [0.5, 0.6) is 0 Å². The van der Waals surface area contributed by atoms with Crippen LogP contribution in [0, 0.1) is 29.1 Å². The molecule has 0 bridgehead atoms. The molecule has 0 aliphatic carbocycles. The lowest BCUT2D eigenvalue weighted by molar-refractivity contribution is -0.149. The van der Waals surface area contributed by atoms with Crippen molar-refractivity contribution in [1.29, 1.82) is 0 Å². The Labute approximate surface area is 249 Å². The Hall–Kier alpha value is -2.19. The summed E-state index contributed by atoms with van der Waals surface area (Å²) < 4.78 is 77.6. The average Bonchev–Trinajstić information content (AvgIpc) is 2.96. The van der Waals surface area contributed by atoms with Crippen LogP contribution in [0.2, 0.25) is 0 Å². The van der Waals surface area contributed by atoms with Crippen molar-refractivity contribution >= 4 is 11.9 Å². The molecule has 1 unspecified atom stereocenters. The van der Waals surface area contributed by atoms with Crippen LogP contribution in [0.3, 0.4) is 0 Å². The molecular weight excluding hydrogens is 555 g/mol. The minimum Gasteiger partial charge on any atom is -0.466 e. The van der Waals surface area contributed by atoms with Crippen LogP contribution in [0.1, 0.15) is 160 Å². The van der Waals surface area contributed by atoms with E-state index in [1.807, 2.05) is 0 Å². The minimum atomic E-state index is -2.28. The maximum atomic E-state index is 13.9. The summed E-state index contributed by atoms with van der Waals surface area (Å²) in [4.78, 5) is 23.8. The maximum Gasteiger partial charge on any atom is 0.306 e. The number of carbonyl (C=O) groups excluding carboxylic acids is 2. The van der Waals surface area contributed by atoms with Gasteiger partial charge in [-0.15, -0.1) is 0 Å². The number of hydrogen-bond donors (Lipinski definition) is 0. The quantitative estimate of drug-likeness (QED) is 0.0365. The third-order valence-corrected chi connectivity index (χ3v) is 7.48. The second kappa shape index (κ2) is 23.3. The van der Waals surface area contributed by atoms with Gasteiger partial charge in [-0.3, -0.25) is 9.59 Å². The Morgan fingerprint density at radius 1 is 0.524 bits per heavy atom. The van der Waals surface area contributed by atoms with Gasteiger partial charge in [0.2, 0.25) is 5.82 Å². The average molecular weight is 607 g/mol. The Bertz CT molecular complexity index is 880. The van der Waals surface area contributed by atoms with Crippen molar-refractivity contribution in [3.05, 3.63) is 34.6 Å². The van der Waals surface area contributed by atoms with Gasteiger partial charge in [-0.05, 0) is 19.8 Å². The van der Waals surface area contributed by atoms with Crippen molar-refractivity contribution in [2.24, 2.45) is 0 Å². The number of hydrogen-bond acceptors (Lipinski definition) is 4. The first-order valence-electron chi connectivity index (χ1n) is 16.1. The van der Waals surface area contributed by atoms with Gasteiger partial charge in [-0.2, -0.15) is 0 Å². The molecule has 0 N–H and O–H groups in total. The molecule has 9 heteroatoms. The number of ether oxygens (including phenoxy) is 2. The second-order valence-corrected chi connectivity index (χ2v) is 11.2. The van der Waals surface area contributed by atoms with E-state index in [-0.39, 0.29) is 19.3 Å². The Morgan fingerprint density at radius 3 is 1.31 bits per heavy atom. The van der Waals surface area contributed by atoms with E-state index in [0.717, 1.165) is 26.2 Å². The van der Waals surface area contributed by atoms with Crippen molar-refractivity contribution in [2.75, 3.05) is 6.61 Å². The molecule has 42 heavy (non-hydrogen) atoms. The van der Waals surface area contributed by atoms with E-state index in [1.165, 1.54) is 96.3 Å². The number of unbranched alkanes of at least 4 members (excludes halogenated alkanes) is 17. The fourth-order valence-corrected chi connectivity index (χ4v) is 4.93. The van der Waals surface area contributed by atoms with E-state index in [0.29, 0.717) is 6.61 Å². The molecule has 242 valence electrons. The van der Waals surface area contributed by atoms with Crippen molar-refractivity contribution < 1.29 is 41.0 Å². The van der Waals surface area contributed by atoms with Crippen molar-refractivity contribution in [3.63, 3.8) is 0 Å². The molecule has 0 spiro atoms. The highest BCUT2D eigenvalue weighted by molar-refractivity contribution is 5.72. The van der Waals surface area contributed by atoms with E-state index >= 15 is 0 Å². The molecule has 4 nitrogen and oxygen atoms in total. The van der Waals surface area contributed by atoms with Crippen molar-refractivity contribution in [2.45, 2.75) is 155 Å². The van der Waals surface area contributed by atoms with Gasteiger partial charge in [0.1, 0.15) is 6.10 Å². The molecule has 0 aliphatic rings. The molecule has 1 aromatic carbocycles. The number of carbonyl (C=O) groups is 2. The first-order chi connectivity index (χ1) is 20.2. The highest BCUT2D eigenvalue weighted by atomic mass is 19.2. The standard InChI is InChI=1S/C33H51F5O4/c1-3-4-5-6-7-8-9-10-11-12-13-14-15-16-17-18-19-20-24-41-26(39)22-21-23-27(40)42-25(2)28-29(34)31(36)33(38)32(37)30(28)35/h25H,3-24H2,1-2H3. The summed E-state index contributed by atoms with van der Waals surface area (Å²) in [5.74, 6) is -12.0. The lowest BCUT2D eigenvalue weighted by Gasteiger charge is -2.16. The molecule has 0 amide bonds. The summed E-state index contributed by atoms with van der Waals surface area (Å²) >= 11 is 0. The van der Waals surface area contributed by atoms with Gasteiger partial charge >= 0.3 is 11.9 Å². The Morgan fingerprint density at radius 2 is 0.881 bits per heavy atom. The van der Waals surface area contributed by atoms with Gasteiger partial charge in [0.15, 0.2) is 23.3 Å². The van der Waals surface area contributed by atoms with Gasteiger partial charge < -0.3 is 9.47 Å². The molecule has 0 aliphatic heterocycles. The molecule has 1 atom stereocenters. The van der Waals surface area contributed by atoms with Crippen LogP contribution in [-0.4, -0.2) is 18.5 Å². The summed E-state index contributed by atoms with van der Waals surface area (Å²) in [5.41, 5.74) is -1.22. The lowest BCUT2D eigenvalue weighted by atomic mass is 10.0. The molecule has 1 rings (SSSR count). The summed E-state index contributed by atoms with van der Waals surface area (Å²) in [6.07, 6.45) is 21.0. The molecule has 0 aromatic heterocycles. The summed E-state index contributed by atoms with van der Waals surface area (Å²) in [6.45, 7) is 3.56. The predicted molar refractivity (Wildman–Crippen MR) is 154 cm³/mol. The fraction of sp³-hybridized carbons (Fsp3) is 0.758. The van der Waals surface area contributed by atoms with Gasteiger partial charge in [-0.25, -0.2) is 22.0 Å². The van der Waals surface area contributed by atoms with Crippen LogP contribution in [0.4, 0.5) is 22.0 Å². The number of esters is 2. The number of halogens is 5. The predicted octanol–water partition coefficient (Wildman–Crippen LogP) is 10.7. The van der Waals surface area contributed by atoms with E-state index in [1.54, 1.807) is 0 Å². The van der Waals surface area contributed by atoms with Gasteiger partial charge in [0, 0.05) is 12.8 Å². The smallest absolute Gasteiger partial charge is 0.306 e. The molecule has 0 radical (unpaired) electrons. The van der Waals surface area contributed by atoms with Gasteiger partial charge in [0.25, 0.3) is 0 Å². The molecule has 1 aromatic rings. The number of benzene rings is 1. The summed E-state index contributed by atoms with van der Waals surface area (Å²) in [7, 11) is 0. The highest BCUT2D eigenvalue weighted by Crippen LogP contribution is 2.29. The van der Waals surface area contributed by atoms with Crippen molar-refractivity contribution in [3.8, 4) is 0 Å². The highest BCUT2D eigenvalue weighted by Gasteiger charge is 2.30. The molecular formula is C33H51F5O4. The van der Waals surface area contributed by atoms with Crippen LogP contribution >= 0.6 is 0 Å². The van der Waals surface area contributed by atoms with Crippen LogP contribution in [0.25, 0.3) is 0 Å². The van der Waals surface area contributed by atoms with Crippen LogP contribution in [-0.2, 0) is 19.1 Å². The zero-order chi connectivity index (χ0) is 31.2. The van der Waals surface area contributed by atoms with Gasteiger partial charge in [-0.1, -0.05) is 116 Å². The maximum absolute atomic E-state index is 13.9. The second-order valence-electron chi connectivity index (χ2n) is 11.2. The third-order valence-electron chi connectivity index (χ3n) is 7.48.